The Labute approximate surface area is 270 Å². The molecule has 1 atom stereocenters. The smallest absolute Gasteiger partial charge is 0.0436 e. The summed E-state index contributed by atoms with van der Waals surface area (Å²) in [5.41, 5.74) is -2.05. The monoisotopic (exact) mass is 631 g/mol. The van der Waals surface area contributed by atoms with Crippen LogP contribution < -0.4 is 0 Å². The Bertz CT molecular complexity index is 625. The van der Waals surface area contributed by atoms with E-state index in [0.29, 0.717) is 44.9 Å². The van der Waals surface area contributed by atoms with Crippen molar-refractivity contribution in [1.82, 2.24) is 0 Å². The Hall–Kier alpha value is -0.280. The molecule has 1 rings (SSSR count). The molecule has 0 bridgehead atoms. The van der Waals surface area contributed by atoms with Crippen molar-refractivity contribution in [3.63, 3.8) is 0 Å². The molecule has 1 unspecified atom stereocenters. The van der Waals surface area contributed by atoms with Gasteiger partial charge in [-0.2, -0.15) is 0 Å². The van der Waals surface area contributed by atoms with E-state index in [2.05, 4.69) is 0 Å². The van der Waals surface area contributed by atoms with Crippen molar-refractivity contribution in [3.8, 4) is 0 Å². The third-order valence-corrected chi connectivity index (χ3v) is 11.8. The molecular formula is C37H74O7. The minimum Gasteiger partial charge on any atom is -0.396 e. The van der Waals surface area contributed by atoms with Gasteiger partial charge in [0.05, 0.1) is 0 Å². The Kier molecular flexibility index (Phi) is 24.4. The topological polar surface area (TPSA) is 142 Å². The van der Waals surface area contributed by atoms with Gasteiger partial charge < -0.3 is 35.7 Å². The fourth-order valence-corrected chi connectivity index (χ4v) is 9.74. The van der Waals surface area contributed by atoms with Gasteiger partial charge >= 0.3 is 0 Å². The van der Waals surface area contributed by atoms with Gasteiger partial charge in [-0.1, -0.05) is 109 Å². The lowest BCUT2D eigenvalue weighted by molar-refractivity contribution is -0.183. The van der Waals surface area contributed by atoms with Crippen LogP contribution in [0.4, 0.5) is 0 Å². The van der Waals surface area contributed by atoms with E-state index in [9.17, 15) is 35.7 Å². The van der Waals surface area contributed by atoms with Gasteiger partial charge in [0.25, 0.3) is 0 Å². The van der Waals surface area contributed by atoms with Crippen LogP contribution in [-0.4, -0.2) is 82.0 Å². The Morgan fingerprint density at radius 2 is 0.705 bits per heavy atom. The zero-order valence-corrected chi connectivity index (χ0v) is 28.5. The molecule has 0 heterocycles. The van der Waals surface area contributed by atoms with Gasteiger partial charge in [-0.25, -0.2) is 0 Å². The lowest BCUT2D eigenvalue weighted by atomic mass is 9.40. The average Bonchev–Trinajstić information content (AvgIpc) is 3.01. The highest BCUT2D eigenvalue weighted by atomic mass is 16.3. The van der Waals surface area contributed by atoms with Crippen LogP contribution in [0, 0.1) is 22.2 Å². The maximum absolute atomic E-state index is 10.7. The molecule has 7 heteroatoms. The largest absolute Gasteiger partial charge is 0.396 e. The van der Waals surface area contributed by atoms with Crippen LogP contribution in [0.5, 0.6) is 0 Å². The summed E-state index contributed by atoms with van der Waals surface area (Å²) in [7, 11) is 0. The second kappa shape index (κ2) is 25.8. The highest BCUT2D eigenvalue weighted by Gasteiger charge is 2.62. The van der Waals surface area contributed by atoms with Crippen molar-refractivity contribution in [2.24, 2.45) is 22.2 Å². The predicted octanol–water partition coefficient (Wildman–Crippen LogP) is 6.66. The first kappa shape index (κ1) is 41.7. The Balaban J connectivity index is 3.65. The summed E-state index contributed by atoms with van der Waals surface area (Å²) in [4.78, 5) is 0. The highest BCUT2D eigenvalue weighted by molar-refractivity contribution is 5.10. The fourth-order valence-electron chi connectivity index (χ4n) is 9.74. The second-order valence-corrected chi connectivity index (χ2v) is 14.1. The predicted molar refractivity (Wildman–Crippen MR) is 180 cm³/mol. The zero-order chi connectivity index (χ0) is 32.4. The Morgan fingerprint density at radius 1 is 0.364 bits per heavy atom. The SMILES string of the molecule is OCCC1CCCCCCCCCCCCCCCCCCCC(CCO)(CCO)C(CCO)(CCO)C1(CCO)CCO. The number of rotatable bonds is 14. The fraction of sp³-hybridized carbons (Fsp3) is 1.00. The van der Waals surface area contributed by atoms with E-state index in [-0.39, 0.29) is 52.2 Å². The molecule has 0 spiro atoms. The summed E-state index contributed by atoms with van der Waals surface area (Å²) in [6.45, 7) is -0.602. The number of hydrogen-bond acceptors (Lipinski definition) is 7. The molecule has 1 saturated carbocycles. The van der Waals surface area contributed by atoms with Crippen LogP contribution in [-0.2, 0) is 0 Å². The molecule has 1 fully saturated rings. The molecule has 0 aromatic rings. The van der Waals surface area contributed by atoms with E-state index in [0.717, 1.165) is 44.9 Å². The maximum Gasteiger partial charge on any atom is 0.0436 e. The minimum absolute atomic E-state index is 0.00932. The summed E-state index contributed by atoms with van der Waals surface area (Å²) in [5, 5.41) is 74.1. The Morgan fingerprint density at radius 3 is 1.05 bits per heavy atom. The van der Waals surface area contributed by atoms with Crippen LogP contribution in [0.1, 0.15) is 167 Å². The van der Waals surface area contributed by atoms with Gasteiger partial charge in [0, 0.05) is 46.2 Å². The van der Waals surface area contributed by atoms with Crippen LogP contribution >= 0.6 is 0 Å². The molecule has 264 valence electrons. The van der Waals surface area contributed by atoms with Gasteiger partial charge in [-0.3, -0.25) is 0 Å². The summed E-state index contributed by atoms with van der Waals surface area (Å²) in [6, 6.07) is 0. The molecule has 1 aliphatic rings. The quantitative estimate of drug-likeness (QED) is 0.114. The first-order valence-corrected chi connectivity index (χ1v) is 18.8. The van der Waals surface area contributed by atoms with Gasteiger partial charge in [0.15, 0.2) is 0 Å². The number of aliphatic hydroxyl groups excluding tert-OH is 7. The van der Waals surface area contributed by atoms with Gasteiger partial charge in [-0.15, -0.1) is 0 Å². The first-order valence-electron chi connectivity index (χ1n) is 18.8. The zero-order valence-electron chi connectivity index (χ0n) is 28.5. The second-order valence-electron chi connectivity index (χ2n) is 14.1. The van der Waals surface area contributed by atoms with Crippen molar-refractivity contribution < 1.29 is 35.7 Å². The van der Waals surface area contributed by atoms with E-state index in [1.165, 1.54) is 77.0 Å². The molecule has 0 radical (unpaired) electrons. The van der Waals surface area contributed by atoms with Crippen LogP contribution in [0.15, 0.2) is 0 Å². The lowest BCUT2D eigenvalue weighted by Gasteiger charge is -2.64. The maximum atomic E-state index is 10.7. The van der Waals surface area contributed by atoms with Crippen molar-refractivity contribution in [2.75, 3.05) is 46.2 Å². The van der Waals surface area contributed by atoms with E-state index < -0.39 is 16.2 Å². The van der Waals surface area contributed by atoms with Crippen molar-refractivity contribution in [2.45, 2.75) is 167 Å². The summed E-state index contributed by atoms with van der Waals surface area (Å²) in [6.07, 6.45) is 25.2. The van der Waals surface area contributed by atoms with E-state index in [4.69, 9.17) is 0 Å². The third kappa shape index (κ3) is 12.7. The van der Waals surface area contributed by atoms with E-state index >= 15 is 0 Å². The summed E-state index contributed by atoms with van der Waals surface area (Å²) < 4.78 is 0. The molecule has 0 aromatic heterocycles. The van der Waals surface area contributed by atoms with Gasteiger partial charge in [-0.05, 0) is 80.0 Å². The van der Waals surface area contributed by atoms with Crippen LogP contribution in [0.25, 0.3) is 0 Å². The molecule has 44 heavy (non-hydrogen) atoms. The lowest BCUT2D eigenvalue weighted by Crippen LogP contribution is -2.59. The third-order valence-electron chi connectivity index (χ3n) is 11.8. The van der Waals surface area contributed by atoms with Crippen molar-refractivity contribution in [3.05, 3.63) is 0 Å². The molecule has 0 aromatic carbocycles. The summed E-state index contributed by atoms with van der Waals surface area (Å²) in [5.74, 6) is -0.0386. The summed E-state index contributed by atoms with van der Waals surface area (Å²) >= 11 is 0. The van der Waals surface area contributed by atoms with Crippen molar-refractivity contribution in [1.29, 1.82) is 0 Å². The normalized spacial score (nSPS) is 23.7. The molecule has 7 N–H and O–H groups in total. The molecule has 1 aliphatic carbocycles. The minimum atomic E-state index is -0.754. The molecular weight excluding hydrogens is 556 g/mol. The standard InChI is InChI=1S/C37H74O7/c38-27-19-34-18-16-14-12-10-8-6-4-2-1-3-5-7-9-11-13-15-17-20-35(21-28-39,22-29-40)37(25-32-43,26-33-44)36(34,23-30-41)24-31-42/h34,38-44H,1-33H2. The number of hydrogen-bond donors (Lipinski definition) is 7. The van der Waals surface area contributed by atoms with E-state index in [1.54, 1.807) is 0 Å². The highest BCUT2D eigenvalue weighted by Crippen LogP contribution is 2.67. The molecule has 7 nitrogen and oxygen atoms in total. The first-order chi connectivity index (χ1) is 21.5. The number of aliphatic hydroxyl groups is 7. The molecule has 0 amide bonds. The molecule has 0 aliphatic heterocycles. The van der Waals surface area contributed by atoms with Crippen molar-refractivity contribution >= 4 is 0 Å². The van der Waals surface area contributed by atoms with Gasteiger partial charge in [0.2, 0.25) is 0 Å². The van der Waals surface area contributed by atoms with Crippen LogP contribution in [0.3, 0.4) is 0 Å². The van der Waals surface area contributed by atoms with Crippen LogP contribution in [0.2, 0.25) is 0 Å². The molecule has 0 saturated heterocycles. The average molecular weight is 631 g/mol. The van der Waals surface area contributed by atoms with E-state index in [1.807, 2.05) is 0 Å². The van der Waals surface area contributed by atoms with Gasteiger partial charge in [0.1, 0.15) is 0 Å².